The Morgan fingerprint density at radius 2 is 1.90 bits per heavy atom. The van der Waals surface area contributed by atoms with E-state index < -0.39 is 0 Å². The van der Waals surface area contributed by atoms with Crippen LogP contribution in [-0.2, 0) is 13.2 Å². The lowest BCUT2D eigenvalue weighted by molar-refractivity contribution is 0.282. The fraction of sp³-hybridized carbons (Fsp3) is 0.118. The van der Waals surface area contributed by atoms with E-state index in [1.54, 1.807) is 6.20 Å². The predicted octanol–water partition coefficient (Wildman–Crippen LogP) is 3.34. The lowest BCUT2D eigenvalue weighted by atomic mass is 10.1. The molecule has 0 fully saturated rings. The number of pyridine rings is 1. The standard InChI is InChI=1S/C17H16N2O/c20-12-16-3-1-2-4-17(16)19-10-13-5-6-15-11-18-8-7-14(15)9-13/h1-9,11,19-20H,10,12H2. The van der Waals surface area contributed by atoms with Gasteiger partial charge in [-0.3, -0.25) is 4.98 Å². The molecule has 0 aliphatic rings. The first kappa shape index (κ1) is 12.6. The van der Waals surface area contributed by atoms with Gasteiger partial charge in [0.25, 0.3) is 0 Å². The van der Waals surface area contributed by atoms with Crippen molar-refractivity contribution in [3.63, 3.8) is 0 Å². The van der Waals surface area contributed by atoms with Crippen molar-refractivity contribution in [3.05, 3.63) is 72.1 Å². The Morgan fingerprint density at radius 1 is 1.00 bits per heavy atom. The largest absolute Gasteiger partial charge is 0.392 e. The summed E-state index contributed by atoms with van der Waals surface area (Å²) in [4.78, 5) is 4.12. The third-order valence-electron chi connectivity index (χ3n) is 3.38. The van der Waals surface area contributed by atoms with Crippen LogP contribution in [0.25, 0.3) is 10.8 Å². The van der Waals surface area contributed by atoms with Crippen LogP contribution in [-0.4, -0.2) is 10.1 Å². The molecular weight excluding hydrogens is 248 g/mol. The van der Waals surface area contributed by atoms with Crippen molar-refractivity contribution in [2.75, 3.05) is 5.32 Å². The average molecular weight is 264 g/mol. The summed E-state index contributed by atoms with van der Waals surface area (Å²) in [6.07, 6.45) is 3.67. The number of rotatable bonds is 4. The molecule has 20 heavy (non-hydrogen) atoms. The lowest BCUT2D eigenvalue weighted by Crippen LogP contribution is -2.02. The summed E-state index contributed by atoms with van der Waals surface area (Å²) in [5.74, 6) is 0. The number of hydrogen-bond donors (Lipinski definition) is 2. The molecule has 2 aromatic carbocycles. The van der Waals surface area contributed by atoms with Crippen LogP contribution in [0.3, 0.4) is 0 Å². The van der Waals surface area contributed by atoms with Gasteiger partial charge in [-0.05, 0) is 29.1 Å². The summed E-state index contributed by atoms with van der Waals surface area (Å²) in [6, 6.07) is 16.2. The van der Waals surface area contributed by atoms with Crippen molar-refractivity contribution in [2.45, 2.75) is 13.2 Å². The SMILES string of the molecule is OCc1ccccc1NCc1ccc2cnccc2c1. The van der Waals surface area contributed by atoms with Crippen molar-refractivity contribution < 1.29 is 5.11 Å². The molecule has 0 aliphatic heterocycles. The van der Waals surface area contributed by atoms with Crippen molar-refractivity contribution in [2.24, 2.45) is 0 Å². The summed E-state index contributed by atoms with van der Waals surface area (Å²) in [7, 11) is 0. The lowest BCUT2D eigenvalue weighted by Gasteiger charge is -2.11. The third-order valence-corrected chi connectivity index (χ3v) is 3.38. The Labute approximate surface area is 117 Å². The van der Waals surface area contributed by atoms with E-state index in [2.05, 4.69) is 28.5 Å². The van der Waals surface area contributed by atoms with Gasteiger partial charge in [-0.25, -0.2) is 0 Å². The molecule has 0 bridgehead atoms. The van der Waals surface area contributed by atoms with Crippen LogP contribution >= 0.6 is 0 Å². The maximum absolute atomic E-state index is 9.31. The zero-order chi connectivity index (χ0) is 13.8. The van der Waals surface area contributed by atoms with E-state index >= 15 is 0 Å². The molecule has 2 N–H and O–H groups in total. The van der Waals surface area contributed by atoms with Gasteiger partial charge in [0.05, 0.1) is 6.61 Å². The topological polar surface area (TPSA) is 45.1 Å². The molecule has 0 aliphatic carbocycles. The second kappa shape index (κ2) is 5.72. The number of aliphatic hydroxyl groups is 1. The van der Waals surface area contributed by atoms with Crippen molar-refractivity contribution in [1.29, 1.82) is 0 Å². The number of fused-ring (bicyclic) bond motifs is 1. The summed E-state index contributed by atoms with van der Waals surface area (Å²) in [6.45, 7) is 0.780. The molecule has 1 heterocycles. The minimum Gasteiger partial charge on any atom is -0.392 e. The van der Waals surface area contributed by atoms with E-state index in [9.17, 15) is 5.11 Å². The van der Waals surface area contributed by atoms with E-state index in [4.69, 9.17) is 0 Å². The second-order valence-corrected chi connectivity index (χ2v) is 4.73. The Kier molecular flexibility index (Phi) is 3.61. The van der Waals surface area contributed by atoms with Gasteiger partial charge >= 0.3 is 0 Å². The number of anilines is 1. The molecule has 1 aromatic heterocycles. The number of hydrogen-bond acceptors (Lipinski definition) is 3. The Hall–Kier alpha value is -2.39. The number of nitrogens with one attached hydrogen (secondary N) is 1. The van der Waals surface area contributed by atoms with Gasteiger partial charge in [-0.1, -0.05) is 30.3 Å². The van der Waals surface area contributed by atoms with E-state index in [1.807, 2.05) is 36.5 Å². The Balaban J connectivity index is 1.79. The molecule has 0 amide bonds. The van der Waals surface area contributed by atoms with Gasteiger partial charge in [0.1, 0.15) is 0 Å². The van der Waals surface area contributed by atoms with Crippen molar-refractivity contribution >= 4 is 16.5 Å². The molecular formula is C17H16N2O. The molecule has 0 saturated carbocycles. The summed E-state index contributed by atoms with van der Waals surface area (Å²) >= 11 is 0. The Bertz CT molecular complexity index is 725. The zero-order valence-electron chi connectivity index (χ0n) is 11.1. The van der Waals surface area contributed by atoms with Gasteiger partial charge in [-0.2, -0.15) is 0 Å². The van der Waals surface area contributed by atoms with Gasteiger partial charge in [-0.15, -0.1) is 0 Å². The molecule has 0 atom stereocenters. The maximum Gasteiger partial charge on any atom is 0.0701 e. The van der Waals surface area contributed by atoms with Crippen molar-refractivity contribution in [1.82, 2.24) is 4.98 Å². The van der Waals surface area contributed by atoms with Gasteiger partial charge < -0.3 is 10.4 Å². The highest BCUT2D eigenvalue weighted by Crippen LogP contribution is 2.18. The fourth-order valence-electron chi connectivity index (χ4n) is 2.27. The summed E-state index contributed by atoms with van der Waals surface area (Å²) < 4.78 is 0. The number of aliphatic hydroxyl groups excluding tert-OH is 1. The van der Waals surface area contributed by atoms with Crippen LogP contribution in [0.5, 0.6) is 0 Å². The first-order chi connectivity index (χ1) is 9.86. The molecule has 0 unspecified atom stereocenters. The second-order valence-electron chi connectivity index (χ2n) is 4.73. The number of benzene rings is 2. The number of para-hydroxylation sites is 1. The van der Waals surface area contributed by atoms with Gasteiger partial charge in [0, 0.05) is 35.6 Å². The molecule has 0 spiro atoms. The third kappa shape index (κ3) is 2.63. The molecule has 0 radical (unpaired) electrons. The van der Waals surface area contributed by atoms with Crippen LogP contribution in [0.1, 0.15) is 11.1 Å². The summed E-state index contributed by atoms with van der Waals surface area (Å²) in [5, 5.41) is 15.0. The molecule has 3 aromatic rings. The monoisotopic (exact) mass is 264 g/mol. The number of nitrogens with zero attached hydrogens (tertiary/aromatic N) is 1. The van der Waals surface area contributed by atoms with E-state index in [-0.39, 0.29) is 6.61 Å². The maximum atomic E-state index is 9.31. The molecule has 3 nitrogen and oxygen atoms in total. The highest BCUT2D eigenvalue weighted by atomic mass is 16.3. The zero-order valence-corrected chi connectivity index (χ0v) is 11.1. The van der Waals surface area contributed by atoms with Crippen LogP contribution in [0.15, 0.2) is 60.9 Å². The van der Waals surface area contributed by atoms with E-state index in [0.29, 0.717) is 0 Å². The van der Waals surface area contributed by atoms with Crippen molar-refractivity contribution in [3.8, 4) is 0 Å². The quantitative estimate of drug-likeness (QED) is 0.759. The number of aromatic nitrogens is 1. The predicted molar refractivity (Wildman–Crippen MR) is 81.4 cm³/mol. The van der Waals surface area contributed by atoms with Crippen LogP contribution < -0.4 is 5.32 Å². The van der Waals surface area contributed by atoms with Gasteiger partial charge in [0.15, 0.2) is 0 Å². The minimum atomic E-state index is 0.0482. The fourth-order valence-corrected chi connectivity index (χ4v) is 2.27. The van der Waals surface area contributed by atoms with Crippen LogP contribution in [0.4, 0.5) is 5.69 Å². The average Bonchev–Trinajstić information content (AvgIpc) is 2.53. The molecule has 3 rings (SSSR count). The van der Waals surface area contributed by atoms with Crippen LogP contribution in [0.2, 0.25) is 0 Å². The van der Waals surface area contributed by atoms with Gasteiger partial charge in [0.2, 0.25) is 0 Å². The highest BCUT2D eigenvalue weighted by Gasteiger charge is 2.01. The molecule has 100 valence electrons. The van der Waals surface area contributed by atoms with E-state index in [1.165, 1.54) is 10.9 Å². The molecule has 0 saturated heterocycles. The highest BCUT2D eigenvalue weighted by molar-refractivity contribution is 5.82. The minimum absolute atomic E-state index is 0.0482. The Morgan fingerprint density at radius 3 is 2.80 bits per heavy atom. The normalized spacial score (nSPS) is 10.7. The smallest absolute Gasteiger partial charge is 0.0701 e. The first-order valence-electron chi connectivity index (χ1n) is 6.62. The first-order valence-corrected chi connectivity index (χ1v) is 6.62. The summed E-state index contributed by atoms with van der Waals surface area (Å²) in [5.41, 5.74) is 3.10. The molecule has 3 heteroatoms. The van der Waals surface area contributed by atoms with E-state index in [0.717, 1.165) is 23.2 Å². The van der Waals surface area contributed by atoms with Crippen LogP contribution in [0, 0.1) is 0 Å².